The Morgan fingerprint density at radius 3 is 1.81 bits per heavy atom. The van der Waals surface area contributed by atoms with Crippen molar-refractivity contribution in [3.05, 3.63) is 169 Å². The van der Waals surface area contributed by atoms with E-state index in [1.165, 1.54) is 58.7 Å². The highest BCUT2D eigenvalue weighted by molar-refractivity contribution is 7.26. The zero-order valence-electron chi connectivity index (χ0n) is 28.7. The Hall–Kier alpha value is -6.43. The number of benzene rings is 7. The van der Waals surface area contributed by atoms with Gasteiger partial charge in [0.1, 0.15) is 0 Å². The molecule has 0 N–H and O–H groups in total. The van der Waals surface area contributed by atoms with Crippen LogP contribution in [0.25, 0.3) is 93.0 Å². The van der Waals surface area contributed by atoms with Gasteiger partial charge in [-0.05, 0) is 67.4 Å². The zero-order chi connectivity index (χ0) is 34.8. The van der Waals surface area contributed by atoms with E-state index in [1.54, 1.807) is 0 Å². The van der Waals surface area contributed by atoms with E-state index >= 15 is 0 Å². The lowest BCUT2D eigenvalue weighted by Gasteiger charge is -2.11. The van der Waals surface area contributed by atoms with Gasteiger partial charge < -0.3 is 4.57 Å². The van der Waals surface area contributed by atoms with Crippen LogP contribution >= 0.6 is 11.3 Å². The van der Waals surface area contributed by atoms with Crippen molar-refractivity contribution in [3.8, 4) is 51.0 Å². The number of fused-ring (bicyclic) bond motifs is 6. The van der Waals surface area contributed by atoms with E-state index in [-0.39, 0.29) is 0 Å². The van der Waals surface area contributed by atoms with Crippen LogP contribution in [-0.4, -0.2) is 19.5 Å². The summed E-state index contributed by atoms with van der Waals surface area (Å²) < 4.78 is 4.94. The molecule has 0 spiro atoms. The second kappa shape index (κ2) is 12.1. The summed E-state index contributed by atoms with van der Waals surface area (Å²) in [5, 5.41) is 5.01. The van der Waals surface area contributed by atoms with Crippen LogP contribution in [0.4, 0.5) is 0 Å². The van der Waals surface area contributed by atoms with Gasteiger partial charge in [0.05, 0.1) is 11.0 Å². The molecule has 0 aliphatic rings. The monoisotopic (exact) mass is 684 g/mol. The summed E-state index contributed by atoms with van der Waals surface area (Å²) in [5.74, 6) is 1.95. The van der Waals surface area contributed by atoms with Gasteiger partial charge in [0, 0.05) is 53.3 Å². The number of aromatic nitrogens is 4. The maximum Gasteiger partial charge on any atom is 0.164 e. The van der Waals surface area contributed by atoms with E-state index in [0.29, 0.717) is 17.5 Å². The summed E-state index contributed by atoms with van der Waals surface area (Å²) in [5.41, 5.74) is 11.0. The van der Waals surface area contributed by atoms with E-state index in [0.717, 1.165) is 27.9 Å². The van der Waals surface area contributed by atoms with Crippen LogP contribution in [0.15, 0.2) is 158 Å². The van der Waals surface area contributed by atoms with Gasteiger partial charge in [-0.25, -0.2) is 15.0 Å². The standard InChI is InChI=1S/C47H32N4S/c1-29-25-30(2)27-34(26-29)47-49-45(32-21-19-31(20-22-32)36-15-10-16-40-39-14-7-9-18-43(39)52-44(36)40)48-46(50-47)33-23-24-38-37-13-6-8-17-41(37)51(42(38)28-33)35-11-4-3-5-12-35/h3-28H,1-2H3. The first kappa shape index (κ1) is 30.4. The number of thiophene rings is 1. The van der Waals surface area contributed by atoms with E-state index in [1.807, 2.05) is 11.3 Å². The highest BCUT2D eigenvalue weighted by Gasteiger charge is 2.17. The molecule has 3 heterocycles. The number of aryl methyl sites for hydroxylation is 2. The smallest absolute Gasteiger partial charge is 0.164 e. The number of hydrogen-bond acceptors (Lipinski definition) is 4. The molecule has 0 fully saturated rings. The first-order chi connectivity index (χ1) is 25.6. The summed E-state index contributed by atoms with van der Waals surface area (Å²) >= 11 is 1.85. The Kier molecular flexibility index (Phi) is 7.08. The summed E-state index contributed by atoms with van der Waals surface area (Å²) in [6, 6.07) is 56.1. The Balaban J connectivity index is 1.13. The summed E-state index contributed by atoms with van der Waals surface area (Å²) in [6.07, 6.45) is 0. The SMILES string of the molecule is Cc1cc(C)cc(-c2nc(-c3ccc(-c4cccc5c4sc4ccccc45)cc3)nc(-c3ccc4c5ccccc5n(-c5ccccc5)c4c3)n2)c1. The minimum absolute atomic E-state index is 0.644. The molecule has 0 aliphatic carbocycles. The van der Waals surface area contributed by atoms with Crippen LogP contribution in [0.2, 0.25) is 0 Å². The predicted octanol–water partition coefficient (Wildman–Crippen LogP) is 12.6. The van der Waals surface area contributed by atoms with Gasteiger partial charge in [-0.1, -0.05) is 126 Å². The van der Waals surface area contributed by atoms with E-state index in [2.05, 4.69) is 176 Å². The molecule has 0 saturated carbocycles. The molecule has 0 bridgehead atoms. The van der Waals surface area contributed by atoms with Crippen molar-refractivity contribution in [2.75, 3.05) is 0 Å². The number of para-hydroxylation sites is 2. The topological polar surface area (TPSA) is 43.6 Å². The van der Waals surface area contributed by atoms with Crippen LogP contribution in [0.5, 0.6) is 0 Å². The van der Waals surface area contributed by atoms with E-state index in [9.17, 15) is 0 Å². The minimum Gasteiger partial charge on any atom is -0.309 e. The predicted molar refractivity (Wildman–Crippen MR) is 218 cm³/mol. The first-order valence-electron chi connectivity index (χ1n) is 17.5. The van der Waals surface area contributed by atoms with Crippen LogP contribution < -0.4 is 0 Å². The lowest BCUT2D eigenvalue weighted by atomic mass is 10.0. The fraction of sp³-hybridized carbons (Fsp3) is 0.0426. The molecule has 0 unspecified atom stereocenters. The molecule has 0 amide bonds. The molecule has 52 heavy (non-hydrogen) atoms. The van der Waals surface area contributed by atoms with Gasteiger partial charge in [0.15, 0.2) is 17.5 Å². The van der Waals surface area contributed by atoms with Crippen molar-refractivity contribution >= 4 is 53.3 Å². The maximum atomic E-state index is 5.16. The van der Waals surface area contributed by atoms with Crippen LogP contribution in [-0.2, 0) is 0 Å². The Bertz CT molecular complexity index is 2950. The Morgan fingerprint density at radius 1 is 0.423 bits per heavy atom. The highest BCUT2D eigenvalue weighted by atomic mass is 32.1. The number of hydrogen-bond donors (Lipinski definition) is 0. The van der Waals surface area contributed by atoms with Crippen LogP contribution in [0, 0.1) is 13.8 Å². The summed E-state index contributed by atoms with van der Waals surface area (Å²) in [6.45, 7) is 4.23. The van der Waals surface area contributed by atoms with Crippen molar-refractivity contribution in [1.29, 1.82) is 0 Å². The van der Waals surface area contributed by atoms with Crippen molar-refractivity contribution in [2.45, 2.75) is 13.8 Å². The van der Waals surface area contributed by atoms with Gasteiger partial charge in [0.2, 0.25) is 0 Å². The van der Waals surface area contributed by atoms with Gasteiger partial charge in [-0.15, -0.1) is 11.3 Å². The molecule has 10 aromatic rings. The Morgan fingerprint density at radius 2 is 1.02 bits per heavy atom. The Labute approximate surface area is 305 Å². The zero-order valence-corrected chi connectivity index (χ0v) is 29.5. The molecule has 7 aromatic carbocycles. The average Bonchev–Trinajstić information content (AvgIpc) is 3.73. The normalized spacial score (nSPS) is 11.7. The highest BCUT2D eigenvalue weighted by Crippen LogP contribution is 2.40. The van der Waals surface area contributed by atoms with Crippen molar-refractivity contribution in [3.63, 3.8) is 0 Å². The fourth-order valence-electron chi connectivity index (χ4n) is 7.61. The van der Waals surface area contributed by atoms with E-state index in [4.69, 9.17) is 15.0 Å². The molecular formula is C47H32N4S. The number of rotatable bonds is 5. The molecule has 0 aliphatic heterocycles. The van der Waals surface area contributed by atoms with Crippen molar-refractivity contribution in [1.82, 2.24) is 19.5 Å². The molecule has 0 atom stereocenters. The second-order valence-corrected chi connectivity index (χ2v) is 14.5. The quantitative estimate of drug-likeness (QED) is 0.181. The van der Waals surface area contributed by atoms with Gasteiger partial charge in [0.25, 0.3) is 0 Å². The molecule has 0 radical (unpaired) electrons. The third-order valence-corrected chi connectivity index (χ3v) is 11.1. The molecule has 3 aromatic heterocycles. The molecule has 246 valence electrons. The molecule has 10 rings (SSSR count). The third-order valence-electron chi connectivity index (χ3n) is 9.92. The first-order valence-corrected chi connectivity index (χ1v) is 18.3. The van der Waals surface area contributed by atoms with Crippen LogP contribution in [0.3, 0.4) is 0 Å². The average molecular weight is 685 g/mol. The lowest BCUT2D eigenvalue weighted by molar-refractivity contribution is 1.07. The molecule has 0 saturated heterocycles. The summed E-state index contributed by atoms with van der Waals surface area (Å²) in [7, 11) is 0. The minimum atomic E-state index is 0.644. The van der Waals surface area contributed by atoms with Gasteiger partial charge in [-0.2, -0.15) is 0 Å². The molecule has 5 heteroatoms. The molecule has 4 nitrogen and oxygen atoms in total. The van der Waals surface area contributed by atoms with Gasteiger partial charge >= 0.3 is 0 Å². The molecular weight excluding hydrogens is 653 g/mol. The second-order valence-electron chi connectivity index (χ2n) is 13.5. The van der Waals surface area contributed by atoms with E-state index < -0.39 is 0 Å². The van der Waals surface area contributed by atoms with Crippen molar-refractivity contribution in [2.24, 2.45) is 0 Å². The third kappa shape index (κ3) is 5.09. The van der Waals surface area contributed by atoms with Gasteiger partial charge in [-0.3, -0.25) is 0 Å². The maximum absolute atomic E-state index is 5.16. The van der Waals surface area contributed by atoms with Crippen LogP contribution in [0.1, 0.15) is 11.1 Å². The van der Waals surface area contributed by atoms with Crippen molar-refractivity contribution < 1.29 is 0 Å². The lowest BCUT2D eigenvalue weighted by Crippen LogP contribution is -2.01. The fourth-order valence-corrected chi connectivity index (χ4v) is 8.84. The largest absolute Gasteiger partial charge is 0.309 e. The number of nitrogens with zero attached hydrogens (tertiary/aromatic N) is 4. The summed E-state index contributed by atoms with van der Waals surface area (Å²) in [4.78, 5) is 15.4.